The first-order valence-corrected chi connectivity index (χ1v) is 8.02. The second kappa shape index (κ2) is 10.5. The zero-order valence-corrected chi connectivity index (χ0v) is 15.3. The van der Waals surface area contributed by atoms with E-state index in [1.54, 1.807) is 14.2 Å². The smallest absolute Gasteiger partial charge is 0.241 e. The van der Waals surface area contributed by atoms with Crippen LogP contribution in [0.15, 0.2) is 24.3 Å². The predicted octanol–water partition coefficient (Wildman–Crippen LogP) is 1.13. The molecule has 1 aromatic carbocycles. The van der Waals surface area contributed by atoms with Crippen molar-refractivity contribution in [2.45, 2.75) is 19.0 Å². The van der Waals surface area contributed by atoms with Gasteiger partial charge in [0.2, 0.25) is 5.91 Å². The van der Waals surface area contributed by atoms with E-state index in [1.807, 2.05) is 17.0 Å². The van der Waals surface area contributed by atoms with E-state index in [-0.39, 0.29) is 24.9 Å². The molecule has 0 saturated carbocycles. The van der Waals surface area contributed by atoms with Crippen molar-refractivity contribution in [3.8, 4) is 5.75 Å². The van der Waals surface area contributed by atoms with E-state index in [0.29, 0.717) is 6.54 Å². The van der Waals surface area contributed by atoms with E-state index in [4.69, 9.17) is 15.2 Å². The van der Waals surface area contributed by atoms with Gasteiger partial charge in [-0.25, -0.2) is 0 Å². The summed E-state index contributed by atoms with van der Waals surface area (Å²) in [6, 6.07) is 7.56. The highest BCUT2D eigenvalue weighted by Crippen LogP contribution is 2.14. The summed E-state index contributed by atoms with van der Waals surface area (Å²) in [6.07, 6.45) is 0.960. The minimum atomic E-state index is -0.562. The maximum atomic E-state index is 12.3. The summed E-state index contributed by atoms with van der Waals surface area (Å²) in [5.41, 5.74) is 7.11. The van der Waals surface area contributed by atoms with E-state index in [9.17, 15) is 4.79 Å². The summed E-state index contributed by atoms with van der Waals surface area (Å²) in [6.45, 7) is 4.47. The standard InChI is InChI=1S/C17H27N3O3.ClH/c1-22-13-16(18)17(21)20-9-3-8-19(10-11-20)12-14-4-6-15(23-2)7-5-14;/h4-7,16H,3,8-13,18H2,1-2H3;1H. The maximum absolute atomic E-state index is 12.3. The molecule has 7 heteroatoms. The summed E-state index contributed by atoms with van der Waals surface area (Å²) in [5.74, 6) is 0.853. The second-order valence-electron chi connectivity index (χ2n) is 5.86. The van der Waals surface area contributed by atoms with Crippen molar-refractivity contribution >= 4 is 18.3 Å². The molecular formula is C17H28ClN3O3. The molecule has 0 radical (unpaired) electrons. The Labute approximate surface area is 150 Å². The highest BCUT2D eigenvalue weighted by molar-refractivity contribution is 5.85. The molecule has 0 spiro atoms. The third-order valence-corrected chi connectivity index (χ3v) is 4.13. The summed E-state index contributed by atoms with van der Waals surface area (Å²) in [7, 11) is 3.23. The molecule has 136 valence electrons. The fourth-order valence-electron chi connectivity index (χ4n) is 2.82. The number of ether oxygens (including phenoxy) is 2. The minimum Gasteiger partial charge on any atom is -0.497 e. The number of hydrogen-bond donors (Lipinski definition) is 1. The molecule has 1 fully saturated rings. The molecule has 2 N–H and O–H groups in total. The molecule has 1 atom stereocenters. The summed E-state index contributed by atoms with van der Waals surface area (Å²) < 4.78 is 10.2. The van der Waals surface area contributed by atoms with Crippen LogP contribution in [0.3, 0.4) is 0 Å². The van der Waals surface area contributed by atoms with E-state index < -0.39 is 6.04 Å². The second-order valence-corrected chi connectivity index (χ2v) is 5.86. The molecule has 6 nitrogen and oxygen atoms in total. The van der Waals surface area contributed by atoms with E-state index >= 15 is 0 Å². The first-order valence-electron chi connectivity index (χ1n) is 8.02. The average molecular weight is 358 g/mol. The molecule has 1 aromatic rings. The fourth-order valence-corrected chi connectivity index (χ4v) is 2.82. The van der Waals surface area contributed by atoms with Crippen LogP contribution < -0.4 is 10.5 Å². The van der Waals surface area contributed by atoms with Crippen LogP contribution in [0.5, 0.6) is 5.75 Å². The van der Waals surface area contributed by atoms with Gasteiger partial charge in [0.25, 0.3) is 0 Å². The Morgan fingerprint density at radius 3 is 2.50 bits per heavy atom. The largest absolute Gasteiger partial charge is 0.497 e. The molecule has 1 heterocycles. The lowest BCUT2D eigenvalue weighted by Crippen LogP contribution is -2.47. The Balaban J connectivity index is 0.00000288. The van der Waals surface area contributed by atoms with E-state index in [2.05, 4.69) is 17.0 Å². The molecule has 1 unspecified atom stereocenters. The van der Waals surface area contributed by atoms with Gasteiger partial charge in [0.05, 0.1) is 13.7 Å². The molecular weight excluding hydrogens is 330 g/mol. The van der Waals surface area contributed by atoms with Crippen molar-refractivity contribution in [2.75, 3.05) is 47.0 Å². The van der Waals surface area contributed by atoms with Gasteiger partial charge in [-0.3, -0.25) is 9.69 Å². The Morgan fingerprint density at radius 2 is 1.88 bits per heavy atom. The monoisotopic (exact) mass is 357 g/mol. The maximum Gasteiger partial charge on any atom is 0.241 e. The number of halogens is 1. The SMILES string of the molecule is COCC(N)C(=O)N1CCCN(Cc2ccc(OC)cc2)CC1.Cl. The molecule has 2 rings (SSSR count). The lowest BCUT2D eigenvalue weighted by Gasteiger charge is -2.24. The van der Waals surface area contributed by atoms with Crippen molar-refractivity contribution in [3.05, 3.63) is 29.8 Å². The van der Waals surface area contributed by atoms with Crippen molar-refractivity contribution in [1.29, 1.82) is 0 Å². The number of rotatable bonds is 6. The van der Waals surface area contributed by atoms with Crippen LogP contribution in [-0.2, 0) is 16.1 Å². The molecule has 1 amide bonds. The number of carbonyl (C=O) groups excluding carboxylic acids is 1. The van der Waals surface area contributed by atoms with Crippen molar-refractivity contribution < 1.29 is 14.3 Å². The van der Waals surface area contributed by atoms with Gasteiger partial charge >= 0.3 is 0 Å². The van der Waals surface area contributed by atoms with Gasteiger partial charge in [-0.1, -0.05) is 12.1 Å². The Bertz CT molecular complexity index is 498. The van der Waals surface area contributed by atoms with Crippen LogP contribution in [-0.4, -0.2) is 68.8 Å². The molecule has 0 aliphatic carbocycles. The van der Waals surface area contributed by atoms with Crippen molar-refractivity contribution in [2.24, 2.45) is 5.73 Å². The number of carbonyl (C=O) groups is 1. The zero-order valence-electron chi connectivity index (χ0n) is 14.4. The molecule has 1 aliphatic heterocycles. The van der Waals surface area contributed by atoms with Crippen LogP contribution in [0.2, 0.25) is 0 Å². The van der Waals surface area contributed by atoms with Gasteiger partial charge < -0.3 is 20.1 Å². The topological polar surface area (TPSA) is 68.0 Å². The first-order chi connectivity index (χ1) is 11.1. The average Bonchev–Trinajstić information content (AvgIpc) is 2.80. The van der Waals surface area contributed by atoms with Crippen LogP contribution in [0.1, 0.15) is 12.0 Å². The van der Waals surface area contributed by atoms with Crippen molar-refractivity contribution in [3.63, 3.8) is 0 Å². The van der Waals surface area contributed by atoms with Crippen LogP contribution in [0, 0.1) is 0 Å². The predicted molar refractivity (Wildman–Crippen MR) is 96.6 cm³/mol. The van der Waals surface area contributed by atoms with Crippen LogP contribution in [0.25, 0.3) is 0 Å². The quantitative estimate of drug-likeness (QED) is 0.826. The summed E-state index contributed by atoms with van der Waals surface area (Å²) >= 11 is 0. The van der Waals surface area contributed by atoms with Crippen LogP contribution >= 0.6 is 12.4 Å². The summed E-state index contributed by atoms with van der Waals surface area (Å²) in [4.78, 5) is 16.5. The van der Waals surface area contributed by atoms with E-state index in [1.165, 1.54) is 5.56 Å². The number of hydrogen-bond acceptors (Lipinski definition) is 5. The molecule has 1 saturated heterocycles. The zero-order chi connectivity index (χ0) is 16.7. The number of methoxy groups -OCH3 is 2. The van der Waals surface area contributed by atoms with Gasteiger partial charge in [-0.2, -0.15) is 0 Å². The number of amides is 1. The van der Waals surface area contributed by atoms with Crippen LogP contribution in [0.4, 0.5) is 0 Å². The molecule has 0 bridgehead atoms. The summed E-state index contributed by atoms with van der Waals surface area (Å²) in [5, 5.41) is 0. The third kappa shape index (κ3) is 5.94. The van der Waals surface area contributed by atoms with E-state index in [0.717, 1.165) is 38.3 Å². The number of benzene rings is 1. The van der Waals surface area contributed by atoms with Gasteiger partial charge in [0.15, 0.2) is 0 Å². The normalized spacial score (nSPS) is 16.9. The minimum absolute atomic E-state index is 0. The van der Waals surface area contributed by atoms with Gasteiger partial charge in [0.1, 0.15) is 11.8 Å². The third-order valence-electron chi connectivity index (χ3n) is 4.13. The Morgan fingerprint density at radius 1 is 1.17 bits per heavy atom. The lowest BCUT2D eigenvalue weighted by atomic mass is 10.2. The lowest BCUT2D eigenvalue weighted by molar-refractivity contribution is -0.133. The van der Waals surface area contributed by atoms with Crippen molar-refractivity contribution in [1.82, 2.24) is 9.80 Å². The Kier molecular flexibility index (Phi) is 9.07. The number of nitrogens with two attached hydrogens (primary N) is 1. The van der Waals surface area contributed by atoms with Gasteiger partial charge in [-0.15, -0.1) is 12.4 Å². The first kappa shape index (κ1) is 20.7. The highest BCUT2D eigenvalue weighted by Gasteiger charge is 2.23. The highest BCUT2D eigenvalue weighted by atomic mass is 35.5. The Hall–Kier alpha value is -1.34. The van der Waals surface area contributed by atoms with Gasteiger partial charge in [-0.05, 0) is 24.1 Å². The fraction of sp³-hybridized carbons (Fsp3) is 0.588. The molecule has 24 heavy (non-hydrogen) atoms. The molecule has 1 aliphatic rings. The number of nitrogens with zero attached hydrogens (tertiary/aromatic N) is 2. The molecule has 0 aromatic heterocycles. The van der Waals surface area contributed by atoms with Gasteiger partial charge in [0, 0.05) is 39.8 Å².